The number of para-hydroxylation sites is 2. The van der Waals surface area contributed by atoms with Gasteiger partial charge >= 0.3 is 0 Å². The van der Waals surface area contributed by atoms with Crippen molar-refractivity contribution in [3.05, 3.63) is 36.2 Å². The van der Waals surface area contributed by atoms with E-state index in [4.69, 9.17) is 4.74 Å². The minimum atomic E-state index is 0.811. The van der Waals surface area contributed by atoms with Gasteiger partial charge in [0.15, 0.2) is 11.6 Å². The Morgan fingerprint density at radius 1 is 1.36 bits per heavy atom. The van der Waals surface area contributed by atoms with Gasteiger partial charge in [0.25, 0.3) is 0 Å². The second kappa shape index (κ2) is 2.31. The van der Waals surface area contributed by atoms with Crippen LogP contribution in [0.15, 0.2) is 36.2 Å². The van der Waals surface area contributed by atoms with E-state index in [1.54, 1.807) is 0 Å². The van der Waals surface area contributed by atoms with Crippen LogP contribution in [0.4, 0.5) is 5.69 Å². The van der Waals surface area contributed by atoms with Gasteiger partial charge in [0.2, 0.25) is 0 Å². The van der Waals surface area contributed by atoms with Crippen molar-refractivity contribution in [1.29, 1.82) is 0 Å². The second-order valence-electron chi connectivity index (χ2n) is 2.38. The van der Waals surface area contributed by atoms with Crippen LogP contribution in [0.5, 0.6) is 5.75 Å². The number of anilines is 1. The lowest BCUT2D eigenvalue weighted by atomic mass is 10.3. The summed E-state index contributed by atoms with van der Waals surface area (Å²) in [5.41, 5.74) is 1.04. The molecule has 1 aliphatic rings. The van der Waals surface area contributed by atoms with E-state index in [-0.39, 0.29) is 0 Å². The van der Waals surface area contributed by atoms with E-state index in [0.717, 1.165) is 17.3 Å². The molecule has 11 heavy (non-hydrogen) atoms. The summed E-state index contributed by atoms with van der Waals surface area (Å²) in [4.78, 5) is 0. The van der Waals surface area contributed by atoms with Crippen LogP contribution in [0.3, 0.4) is 0 Å². The number of benzene rings is 1. The molecule has 0 unspecified atom stereocenters. The zero-order valence-electron chi connectivity index (χ0n) is 6.29. The summed E-state index contributed by atoms with van der Waals surface area (Å²) >= 11 is 0. The third-order valence-electron chi connectivity index (χ3n) is 1.63. The Kier molecular flexibility index (Phi) is 1.32. The predicted molar refractivity (Wildman–Crippen MR) is 44.4 cm³/mol. The second-order valence-corrected chi connectivity index (χ2v) is 2.38. The quantitative estimate of drug-likeness (QED) is 0.608. The number of hydrogen-bond donors (Lipinski definition) is 1. The Hall–Kier alpha value is -1.44. The third-order valence-corrected chi connectivity index (χ3v) is 1.63. The van der Waals surface area contributed by atoms with Gasteiger partial charge in [-0.2, -0.15) is 0 Å². The summed E-state index contributed by atoms with van der Waals surface area (Å²) in [5, 5.41) is 3.12. The number of ether oxygens (including phenoxy) is 1. The van der Waals surface area contributed by atoms with Crippen molar-refractivity contribution in [3.8, 4) is 5.75 Å². The van der Waals surface area contributed by atoms with Crippen molar-refractivity contribution in [2.75, 3.05) is 5.32 Å². The van der Waals surface area contributed by atoms with Gasteiger partial charge in [0, 0.05) is 0 Å². The molecular weight excluding hydrogens is 138 g/mol. The van der Waals surface area contributed by atoms with Crippen LogP contribution in [-0.4, -0.2) is 0 Å². The number of hydrogen-bond acceptors (Lipinski definition) is 2. The van der Waals surface area contributed by atoms with Crippen molar-refractivity contribution >= 4 is 5.69 Å². The predicted octanol–water partition coefficient (Wildman–Crippen LogP) is 2.35. The van der Waals surface area contributed by atoms with E-state index in [9.17, 15) is 0 Å². The van der Waals surface area contributed by atoms with E-state index >= 15 is 0 Å². The van der Waals surface area contributed by atoms with Crippen LogP contribution in [0.2, 0.25) is 0 Å². The van der Waals surface area contributed by atoms with Crippen LogP contribution in [0.25, 0.3) is 0 Å². The Balaban J connectivity index is 2.41. The molecule has 1 aromatic rings. The molecule has 56 valence electrons. The summed E-state index contributed by atoms with van der Waals surface area (Å²) in [6, 6.07) is 7.87. The van der Waals surface area contributed by atoms with Crippen LogP contribution in [0.1, 0.15) is 6.92 Å². The van der Waals surface area contributed by atoms with Gasteiger partial charge in [-0.05, 0) is 25.1 Å². The summed E-state index contributed by atoms with van der Waals surface area (Å²) in [7, 11) is 0. The Bertz CT molecular complexity index is 277. The van der Waals surface area contributed by atoms with Crippen LogP contribution in [0, 0.1) is 0 Å². The first-order chi connectivity index (χ1) is 5.40. The standard InChI is InChI=1S/C9H9NO/c1-2-9-10-7-5-3-4-6-8(7)11-9/h2-6,10H,1H3/b9-2-. The molecule has 2 rings (SSSR count). The fourth-order valence-electron chi connectivity index (χ4n) is 1.07. The minimum absolute atomic E-state index is 0.811. The van der Waals surface area contributed by atoms with E-state index in [2.05, 4.69) is 5.32 Å². The molecule has 1 heterocycles. The van der Waals surface area contributed by atoms with Crippen LogP contribution < -0.4 is 10.1 Å². The molecule has 1 aromatic carbocycles. The van der Waals surface area contributed by atoms with Crippen LogP contribution >= 0.6 is 0 Å². The van der Waals surface area contributed by atoms with Gasteiger partial charge in [-0.1, -0.05) is 12.1 Å². The molecule has 0 atom stereocenters. The van der Waals surface area contributed by atoms with Crippen molar-refractivity contribution < 1.29 is 4.74 Å². The SMILES string of the molecule is C/C=C1/Nc2ccccc2O1. The zero-order valence-corrected chi connectivity index (χ0v) is 6.29. The smallest absolute Gasteiger partial charge is 0.193 e. The van der Waals surface area contributed by atoms with Gasteiger partial charge in [0.1, 0.15) is 0 Å². The number of nitrogens with one attached hydrogen (secondary N) is 1. The Labute approximate surface area is 65.5 Å². The molecule has 0 radical (unpaired) electrons. The molecule has 0 aromatic heterocycles. The molecule has 1 N–H and O–H groups in total. The maximum atomic E-state index is 5.41. The first kappa shape index (κ1) is 6.28. The molecule has 0 saturated heterocycles. The maximum absolute atomic E-state index is 5.41. The first-order valence-electron chi connectivity index (χ1n) is 3.60. The van der Waals surface area contributed by atoms with Gasteiger partial charge in [-0.15, -0.1) is 0 Å². The molecule has 0 spiro atoms. The highest BCUT2D eigenvalue weighted by Crippen LogP contribution is 2.32. The topological polar surface area (TPSA) is 21.3 Å². The molecule has 0 amide bonds. The summed E-state index contributed by atoms with van der Waals surface area (Å²) in [6.45, 7) is 1.94. The maximum Gasteiger partial charge on any atom is 0.193 e. The fraction of sp³-hybridized carbons (Fsp3) is 0.111. The van der Waals surface area contributed by atoms with Gasteiger partial charge in [-0.3, -0.25) is 0 Å². The third kappa shape index (κ3) is 0.963. The summed E-state index contributed by atoms with van der Waals surface area (Å²) in [6.07, 6.45) is 1.90. The number of fused-ring (bicyclic) bond motifs is 1. The highest BCUT2D eigenvalue weighted by molar-refractivity contribution is 5.63. The van der Waals surface area contributed by atoms with Crippen molar-refractivity contribution in [2.24, 2.45) is 0 Å². The molecule has 1 aliphatic heterocycles. The molecule has 0 aliphatic carbocycles. The summed E-state index contributed by atoms with van der Waals surface area (Å²) in [5.74, 6) is 1.71. The zero-order chi connectivity index (χ0) is 7.68. The van der Waals surface area contributed by atoms with E-state index in [1.807, 2.05) is 37.3 Å². The average Bonchev–Trinajstić information content (AvgIpc) is 2.46. The highest BCUT2D eigenvalue weighted by atomic mass is 16.5. The van der Waals surface area contributed by atoms with Gasteiger partial charge < -0.3 is 10.1 Å². The normalized spacial score (nSPS) is 17.4. The van der Waals surface area contributed by atoms with Crippen molar-refractivity contribution in [3.63, 3.8) is 0 Å². The van der Waals surface area contributed by atoms with E-state index < -0.39 is 0 Å². The lowest BCUT2D eigenvalue weighted by Crippen LogP contribution is -1.94. The molecule has 0 fully saturated rings. The van der Waals surface area contributed by atoms with E-state index in [1.165, 1.54) is 0 Å². The lowest BCUT2D eigenvalue weighted by molar-refractivity contribution is 0.456. The first-order valence-corrected chi connectivity index (χ1v) is 3.60. The largest absolute Gasteiger partial charge is 0.439 e. The fourth-order valence-corrected chi connectivity index (χ4v) is 1.07. The highest BCUT2D eigenvalue weighted by Gasteiger charge is 2.13. The molecule has 2 nitrogen and oxygen atoms in total. The minimum Gasteiger partial charge on any atom is -0.439 e. The number of rotatable bonds is 0. The van der Waals surface area contributed by atoms with Gasteiger partial charge in [0.05, 0.1) is 5.69 Å². The Morgan fingerprint density at radius 3 is 2.91 bits per heavy atom. The average molecular weight is 147 g/mol. The molecule has 0 bridgehead atoms. The van der Waals surface area contributed by atoms with Gasteiger partial charge in [-0.25, -0.2) is 0 Å². The number of allylic oxidation sites excluding steroid dienone is 1. The van der Waals surface area contributed by atoms with Crippen LogP contribution in [-0.2, 0) is 0 Å². The monoisotopic (exact) mass is 147 g/mol. The van der Waals surface area contributed by atoms with Crippen molar-refractivity contribution in [1.82, 2.24) is 0 Å². The van der Waals surface area contributed by atoms with E-state index in [0.29, 0.717) is 0 Å². The molecule has 0 saturated carbocycles. The molecule has 2 heteroatoms. The lowest BCUT2D eigenvalue weighted by Gasteiger charge is -1.93. The summed E-state index contributed by atoms with van der Waals surface area (Å²) < 4.78 is 5.41. The molecular formula is C9H9NO. The Morgan fingerprint density at radius 2 is 2.18 bits per heavy atom. The van der Waals surface area contributed by atoms with Crippen molar-refractivity contribution in [2.45, 2.75) is 6.92 Å².